The Morgan fingerprint density at radius 2 is 1.00 bits per heavy atom. The van der Waals surface area contributed by atoms with Gasteiger partial charge in [-0.3, -0.25) is 0 Å². The predicted octanol–water partition coefficient (Wildman–Crippen LogP) is 5.84. The van der Waals surface area contributed by atoms with Crippen molar-refractivity contribution in [3.63, 3.8) is 0 Å². The highest BCUT2D eigenvalue weighted by atomic mass is 35.6. The maximum absolute atomic E-state index is 11.3. The quantitative estimate of drug-likeness (QED) is 0.371. The smallest absolute Gasteiger partial charge is 0.417 e. The number of ether oxygens (including phenoxy) is 1. The summed E-state index contributed by atoms with van der Waals surface area (Å²) >= 11 is 19.0. The van der Waals surface area contributed by atoms with Gasteiger partial charge < -0.3 is 4.74 Å². The van der Waals surface area contributed by atoms with Crippen LogP contribution in [0.25, 0.3) is 0 Å². The van der Waals surface area contributed by atoms with E-state index in [1.165, 1.54) is 6.47 Å². The van der Waals surface area contributed by atoms with Gasteiger partial charge in [-0.05, 0) is 16.7 Å². The molecule has 0 bridgehead atoms. The lowest BCUT2D eigenvalue weighted by Crippen LogP contribution is -2.50. The van der Waals surface area contributed by atoms with Gasteiger partial charge in [0.05, 0.1) is 5.41 Å². The molecule has 27 heavy (non-hydrogen) atoms. The lowest BCUT2D eigenvalue weighted by molar-refractivity contribution is 0.130. The number of benzene rings is 3. The van der Waals surface area contributed by atoms with Crippen LogP contribution in [0.5, 0.6) is 0 Å². The maximum atomic E-state index is 11.3. The number of hydrogen-bond acceptors (Lipinski definition) is 2. The number of alkyl halides is 3. The molecule has 0 saturated heterocycles. The van der Waals surface area contributed by atoms with Crippen molar-refractivity contribution in [1.82, 2.24) is 0 Å². The summed E-state index contributed by atoms with van der Waals surface area (Å²) in [5.41, 5.74) is 1.43. The van der Waals surface area contributed by atoms with Crippen molar-refractivity contribution in [2.75, 3.05) is 0 Å². The zero-order valence-corrected chi connectivity index (χ0v) is 16.5. The lowest BCUT2D eigenvalue weighted by atomic mass is 9.66. The van der Waals surface area contributed by atoms with Gasteiger partial charge in [0.15, 0.2) is 6.10 Å². The first-order valence-corrected chi connectivity index (χ1v) is 9.40. The molecule has 0 heterocycles. The summed E-state index contributed by atoms with van der Waals surface area (Å²) in [5.74, 6) is 0. The predicted molar refractivity (Wildman–Crippen MR) is 110 cm³/mol. The molecular formula is C22H16Cl3O2. The van der Waals surface area contributed by atoms with Crippen LogP contribution in [0.4, 0.5) is 0 Å². The molecule has 0 saturated carbocycles. The van der Waals surface area contributed by atoms with Crippen LogP contribution in [-0.4, -0.2) is 16.4 Å². The van der Waals surface area contributed by atoms with E-state index in [0.29, 0.717) is 0 Å². The Labute approximate surface area is 173 Å². The summed E-state index contributed by atoms with van der Waals surface area (Å²) in [5, 5.41) is 0. The van der Waals surface area contributed by atoms with Crippen molar-refractivity contribution >= 4 is 41.3 Å². The van der Waals surface area contributed by atoms with Gasteiger partial charge in [-0.25, -0.2) is 4.79 Å². The molecule has 137 valence electrons. The Bertz CT molecular complexity index is 766. The van der Waals surface area contributed by atoms with Crippen LogP contribution in [0.15, 0.2) is 91.0 Å². The molecule has 2 nitrogen and oxygen atoms in total. The van der Waals surface area contributed by atoms with Gasteiger partial charge in [-0.1, -0.05) is 126 Å². The molecule has 1 atom stereocenters. The van der Waals surface area contributed by atoms with Gasteiger partial charge in [-0.2, -0.15) is 0 Å². The Balaban J connectivity index is 2.44. The van der Waals surface area contributed by atoms with Crippen molar-refractivity contribution in [3.8, 4) is 0 Å². The minimum Gasteiger partial charge on any atom is -0.448 e. The molecule has 0 N–H and O–H groups in total. The van der Waals surface area contributed by atoms with Gasteiger partial charge >= 0.3 is 6.47 Å². The number of hydrogen-bond donors (Lipinski definition) is 0. The van der Waals surface area contributed by atoms with Crippen LogP contribution in [0.3, 0.4) is 0 Å². The molecular weight excluding hydrogens is 403 g/mol. The summed E-state index contributed by atoms with van der Waals surface area (Å²) in [6.45, 7) is 1.49. The first-order chi connectivity index (χ1) is 13.0. The van der Waals surface area contributed by atoms with E-state index in [-0.39, 0.29) is 0 Å². The fourth-order valence-electron chi connectivity index (χ4n) is 3.51. The van der Waals surface area contributed by atoms with Gasteiger partial charge in [0.25, 0.3) is 0 Å². The number of carbonyl (C=O) groups excluding carboxylic acids is 1. The summed E-state index contributed by atoms with van der Waals surface area (Å²) in [7, 11) is 0. The second-order valence-corrected chi connectivity index (χ2v) is 8.40. The summed E-state index contributed by atoms with van der Waals surface area (Å²) < 4.78 is 3.43. The molecule has 1 unspecified atom stereocenters. The molecule has 3 aromatic rings. The molecule has 0 aromatic heterocycles. The van der Waals surface area contributed by atoms with E-state index in [2.05, 4.69) is 0 Å². The molecule has 3 rings (SSSR count). The Kier molecular flexibility index (Phi) is 6.11. The molecule has 0 spiro atoms. The third-order valence-electron chi connectivity index (χ3n) is 4.54. The third kappa shape index (κ3) is 3.84. The second kappa shape index (κ2) is 8.35. The molecule has 5 heteroatoms. The monoisotopic (exact) mass is 417 g/mol. The largest absolute Gasteiger partial charge is 0.448 e. The first kappa shape index (κ1) is 19.8. The van der Waals surface area contributed by atoms with Gasteiger partial charge in [0.1, 0.15) is 0 Å². The highest BCUT2D eigenvalue weighted by molar-refractivity contribution is 6.68. The SMILES string of the molecule is O=[C]OC(C(Cl)(Cl)Cl)C(c1ccccc1)(c1ccccc1)c1ccccc1. The molecule has 1 radical (unpaired) electrons. The van der Waals surface area contributed by atoms with Crippen LogP contribution in [0.1, 0.15) is 16.7 Å². The normalized spacial score (nSPS) is 13.0. The fourth-order valence-corrected chi connectivity index (χ4v) is 4.13. The molecule has 0 aliphatic heterocycles. The summed E-state index contributed by atoms with van der Waals surface area (Å²) in [4.78, 5) is 11.3. The molecule has 0 aliphatic rings. The van der Waals surface area contributed by atoms with E-state index in [9.17, 15) is 4.79 Å². The molecule has 0 aliphatic carbocycles. The fraction of sp³-hybridized carbons (Fsp3) is 0.136. The molecule has 0 fully saturated rings. The van der Waals surface area contributed by atoms with Crippen molar-refractivity contribution in [2.24, 2.45) is 0 Å². The lowest BCUT2D eigenvalue weighted by Gasteiger charge is -2.43. The van der Waals surface area contributed by atoms with Crippen LogP contribution in [0, 0.1) is 0 Å². The minimum absolute atomic E-state index is 0.828. The van der Waals surface area contributed by atoms with Gasteiger partial charge in [0.2, 0.25) is 3.79 Å². The highest BCUT2D eigenvalue weighted by Gasteiger charge is 2.54. The van der Waals surface area contributed by atoms with E-state index in [1.807, 2.05) is 91.0 Å². The van der Waals surface area contributed by atoms with Crippen LogP contribution >= 0.6 is 34.8 Å². The van der Waals surface area contributed by atoms with Gasteiger partial charge in [-0.15, -0.1) is 0 Å². The van der Waals surface area contributed by atoms with E-state index in [1.54, 1.807) is 0 Å². The van der Waals surface area contributed by atoms with Crippen LogP contribution in [-0.2, 0) is 14.9 Å². The van der Waals surface area contributed by atoms with Crippen molar-refractivity contribution in [3.05, 3.63) is 108 Å². The van der Waals surface area contributed by atoms with Crippen molar-refractivity contribution in [1.29, 1.82) is 0 Å². The Morgan fingerprint density at radius 1 is 0.667 bits per heavy atom. The molecule has 3 aromatic carbocycles. The first-order valence-electron chi connectivity index (χ1n) is 8.27. The van der Waals surface area contributed by atoms with Crippen LogP contribution in [0.2, 0.25) is 0 Å². The van der Waals surface area contributed by atoms with Crippen molar-refractivity contribution < 1.29 is 9.53 Å². The van der Waals surface area contributed by atoms with E-state index in [0.717, 1.165) is 16.7 Å². The highest BCUT2D eigenvalue weighted by Crippen LogP contribution is 2.50. The molecule has 0 amide bonds. The summed E-state index contributed by atoms with van der Waals surface area (Å²) in [6, 6.07) is 28.7. The standard InChI is InChI=1S/C22H16Cl3O2/c23-22(24,25)20(27-16-26)21(17-10-4-1-5-11-17,18-12-6-2-7-13-18)19-14-8-3-9-15-19/h1-15,20H. The van der Waals surface area contributed by atoms with Crippen LogP contribution < -0.4 is 0 Å². The minimum atomic E-state index is -1.90. The van der Waals surface area contributed by atoms with Crippen molar-refractivity contribution in [2.45, 2.75) is 15.3 Å². The zero-order valence-electron chi connectivity index (χ0n) is 14.2. The second-order valence-electron chi connectivity index (χ2n) is 6.03. The average Bonchev–Trinajstić information content (AvgIpc) is 2.70. The average molecular weight is 419 g/mol. The van der Waals surface area contributed by atoms with Gasteiger partial charge in [0, 0.05) is 0 Å². The topological polar surface area (TPSA) is 26.3 Å². The third-order valence-corrected chi connectivity index (χ3v) is 5.14. The Morgan fingerprint density at radius 3 is 1.26 bits per heavy atom. The number of halogens is 3. The number of rotatable bonds is 6. The van der Waals surface area contributed by atoms with E-state index < -0.39 is 15.3 Å². The maximum Gasteiger partial charge on any atom is 0.417 e. The van der Waals surface area contributed by atoms with E-state index in [4.69, 9.17) is 39.5 Å². The zero-order chi connectivity index (χ0) is 19.3. The van der Waals surface area contributed by atoms with E-state index >= 15 is 0 Å². The summed E-state index contributed by atoms with van der Waals surface area (Å²) in [6.07, 6.45) is -1.15. The Hall–Kier alpha value is -2.00.